The van der Waals surface area contributed by atoms with Crippen molar-refractivity contribution in [1.29, 1.82) is 0 Å². The fourth-order valence-corrected chi connectivity index (χ4v) is 5.11. The maximum absolute atomic E-state index is 13.6. The fraction of sp³-hybridized carbons (Fsp3) is 0.323. The molecular formula is C31H32O8. The molecule has 1 saturated carbocycles. The van der Waals surface area contributed by atoms with Crippen LogP contribution >= 0.6 is 0 Å². The summed E-state index contributed by atoms with van der Waals surface area (Å²) in [6.07, 6.45) is -0.410. The molecule has 4 atom stereocenters. The molecule has 3 aromatic rings. The first kappa shape index (κ1) is 27.9. The first-order valence-electron chi connectivity index (χ1n) is 12.6. The van der Waals surface area contributed by atoms with E-state index in [1.54, 1.807) is 30.3 Å². The van der Waals surface area contributed by atoms with Gasteiger partial charge in [0.05, 0.1) is 25.7 Å². The zero-order valence-corrected chi connectivity index (χ0v) is 22.2. The molecule has 8 nitrogen and oxygen atoms in total. The molecule has 204 valence electrons. The number of aliphatic hydroxyl groups is 1. The van der Waals surface area contributed by atoms with Crippen molar-refractivity contribution in [2.24, 2.45) is 11.8 Å². The third kappa shape index (κ3) is 6.29. The second-order valence-corrected chi connectivity index (χ2v) is 9.78. The average Bonchev–Trinajstić information content (AvgIpc) is 2.94. The van der Waals surface area contributed by atoms with Crippen LogP contribution in [0.5, 0.6) is 11.5 Å². The van der Waals surface area contributed by atoms with Crippen molar-refractivity contribution in [3.05, 3.63) is 95.6 Å². The molecule has 39 heavy (non-hydrogen) atoms. The van der Waals surface area contributed by atoms with Crippen LogP contribution < -0.4 is 9.47 Å². The second kappa shape index (κ2) is 12.1. The van der Waals surface area contributed by atoms with E-state index >= 15 is 0 Å². The number of hydrogen-bond acceptors (Lipinski definition) is 8. The number of ether oxygens (including phenoxy) is 4. The van der Waals surface area contributed by atoms with Gasteiger partial charge in [-0.1, -0.05) is 66.7 Å². The van der Waals surface area contributed by atoms with E-state index in [-0.39, 0.29) is 13.2 Å². The predicted octanol–water partition coefficient (Wildman–Crippen LogP) is 4.23. The third-order valence-electron chi connectivity index (χ3n) is 7.02. The van der Waals surface area contributed by atoms with Crippen molar-refractivity contribution in [2.75, 3.05) is 14.2 Å². The predicted molar refractivity (Wildman–Crippen MR) is 142 cm³/mol. The first-order valence-corrected chi connectivity index (χ1v) is 12.6. The monoisotopic (exact) mass is 532 g/mol. The van der Waals surface area contributed by atoms with Gasteiger partial charge in [-0.3, -0.25) is 14.4 Å². The minimum absolute atomic E-state index is 0.0258. The third-order valence-corrected chi connectivity index (χ3v) is 7.02. The number of Topliss-reactive ketones (excluding diaryl/α,β-unsaturated/α-hetero) is 1. The maximum Gasteiger partial charge on any atom is 0.317 e. The molecule has 0 amide bonds. The highest BCUT2D eigenvalue weighted by molar-refractivity contribution is 6.02. The van der Waals surface area contributed by atoms with E-state index in [1.807, 2.05) is 48.5 Å². The van der Waals surface area contributed by atoms with Gasteiger partial charge in [-0.05, 0) is 35.7 Å². The van der Waals surface area contributed by atoms with Crippen LogP contribution in [0.15, 0.2) is 78.9 Å². The first-order chi connectivity index (χ1) is 18.7. The van der Waals surface area contributed by atoms with Gasteiger partial charge >= 0.3 is 11.9 Å². The van der Waals surface area contributed by atoms with Crippen molar-refractivity contribution < 1.29 is 38.4 Å². The van der Waals surface area contributed by atoms with Gasteiger partial charge in [0, 0.05) is 12.3 Å². The number of hydrogen-bond donors (Lipinski definition) is 1. The van der Waals surface area contributed by atoms with Crippen molar-refractivity contribution in [2.45, 2.75) is 38.1 Å². The van der Waals surface area contributed by atoms with E-state index < -0.39 is 47.5 Å². The average molecular weight is 533 g/mol. The van der Waals surface area contributed by atoms with Gasteiger partial charge in [0.1, 0.15) is 19.1 Å². The maximum atomic E-state index is 13.6. The Kier molecular flexibility index (Phi) is 8.66. The molecule has 0 unspecified atom stereocenters. The molecule has 0 saturated heterocycles. The number of carbonyl (C=O) groups excluding carboxylic acids is 3. The molecule has 1 aliphatic carbocycles. The number of methoxy groups -OCH3 is 2. The standard InChI is InChI=1S/C31H32O8/c1-31(35)17-23(32)27(29(33)38-18-20-10-6-4-7-11-20)26(22-14-15-24(36-2)25(16-22)37-3)28(31)30(34)39-19-21-12-8-5-9-13-21/h4-16,26-28,35H,17-19H2,1-3H3/t26-,27+,28-,31+/m0/s1. The molecule has 0 aromatic heterocycles. The van der Waals surface area contributed by atoms with E-state index in [4.69, 9.17) is 18.9 Å². The Labute approximate surface area is 227 Å². The van der Waals surface area contributed by atoms with E-state index in [1.165, 1.54) is 21.1 Å². The summed E-state index contributed by atoms with van der Waals surface area (Å²) in [5, 5.41) is 11.4. The van der Waals surface area contributed by atoms with Crippen LogP contribution in [0.3, 0.4) is 0 Å². The topological polar surface area (TPSA) is 108 Å². The summed E-state index contributed by atoms with van der Waals surface area (Å²) < 4.78 is 22.0. The Morgan fingerprint density at radius 2 is 1.36 bits per heavy atom. The highest BCUT2D eigenvalue weighted by atomic mass is 16.5. The van der Waals surface area contributed by atoms with E-state index in [0.29, 0.717) is 17.1 Å². The summed E-state index contributed by atoms with van der Waals surface area (Å²) >= 11 is 0. The van der Waals surface area contributed by atoms with Gasteiger partial charge in [0.2, 0.25) is 0 Å². The molecule has 8 heteroatoms. The number of rotatable bonds is 9. The van der Waals surface area contributed by atoms with Crippen molar-refractivity contribution >= 4 is 17.7 Å². The highest BCUT2D eigenvalue weighted by Gasteiger charge is 2.57. The summed E-state index contributed by atoms with van der Waals surface area (Å²) in [7, 11) is 2.95. The number of benzene rings is 3. The Balaban J connectivity index is 1.72. The molecule has 1 aliphatic rings. The normalized spacial score (nSPS) is 22.6. The zero-order valence-electron chi connectivity index (χ0n) is 22.2. The number of esters is 2. The van der Waals surface area contributed by atoms with Crippen LogP contribution in [0, 0.1) is 11.8 Å². The molecular weight excluding hydrogens is 500 g/mol. The van der Waals surface area contributed by atoms with Crippen LogP contribution in [0.2, 0.25) is 0 Å². The molecule has 4 rings (SSSR count). The lowest BCUT2D eigenvalue weighted by atomic mass is 9.61. The fourth-order valence-electron chi connectivity index (χ4n) is 5.11. The molecule has 3 aromatic carbocycles. The largest absolute Gasteiger partial charge is 0.493 e. The number of ketones is 1. The van der Waals surface area contributed by atoms with Crippen LogP contribution in [0.1, 0.15) is 36.0 Å². The smallest absolute Gasteiger partial charge is 0.317 e. The van der Waals surface area contributed by atoms with Crippen LogP contribution in [-0.4, -0.2) is 42.6 Å². The Morgan fingerprint density at radius 1 is 0.821 bits per heavy atom. The lowest BCUT2D eigenvalue weighted by molar-refractivity contribution is -0.174. The van der Waals surface area contributed by atoms with Gasteiger partial charge in [0.15, 0.2) is 17.3 Å². The Bertz CT molecular complexity index is 1300. The molecule has 1 N–H and O–H groups in total. The summed E-state index contributed by atoms with van der Waals surface area (Å²) in [6, 6.07) is 23.1. The van der Waals surface area contributed by atoms with Crippen LogP contribution in [0.4, 0.5) is 0 Å². The SMILES string of the molecule is COc1ccc([C@H]2[C@H](C(=O)OCc3ccccc3)C(=O)C[C@@](C)(O)[C@@H]2C(=O)OCc2ccccc2)cc1OC. The van der Waals surface area contributed by atoms with Gasteiger partial charge in [0.25, 0.3) is 0 Å². The van der Waals surface area contributed by atoms with Crippen molar-refractivity contribution in [3.63, 3.8) is 0 Å². The molecule has 0 bridgehead atoms. The summed E-state index contributed by atoms with van der Waals surface area (Å²) in [4.78, 5) is 40.5. The van der Waals surface area contributed by atoms with Gasteiger partial charge in [-0.2, -0.15) is 0 Å². The summed E-state index contributed by atoms with van der Waals surface area (Å²) in [6.45, 7) is 1.35. The molecule has 0 radical (unpaired) electrons. The van der Waals surface area contributed by atoms with Gasteiger partial charge in [-0.15, -0.1) is 0 Å². The van der Waals surface area contributed by atoms with Crippen LogP contribution in [0.25, 0.3) is 0 Å². The molecule has 0 heterocycles. The number of carbonyl (C=O) groups is 3. The summed E-state index contributed by atoms with van der Waals surface area (Å²) in [5.41, 5.74) is 0.171. The van der Waals surface area contributed by atoms with E-state index in [2.05, 4.69) is 0 Å². The van der Waals surface area contributed by atoms with Gasteiger partial charge in [-0.25, -0.2) is 0 Å². The van der Waals surface area contributed by atoms with Crippen molar-refractivity contribution in [1.82, 2.24) is 0 Å². The molecule has 0 spiro atoms. The minimum Gasteiger partial charge on any atom is -0.493 e. The lowest BCUT2D eigenvalue weighted by Gasteiger charge is -2.43. The second-order valence-electron chi connectivity index (χ2n) is 9.78. The highest BCUT2D eigenvalue weighted by Crippen LogP contribution is 2.48. The quantitative estimate of drug-likeness (QED) is 0.322. The van der Waals surface area contributed by atoms with Crippen LogP contribution in [-0.2, 0) is 37.1 Å². The summed E-state index contributed by atoms with van der Waals surface area (Å²) in [5.74, 6) is -4.91. The molecule has 0 aliphatic heterocycles. The van der Waals surface area contributed by atoms with Gasteiger partial charge < -0.3 is 24.1 Å². The molecule has 1 fully saturated rings. The van der Waals surface area contributed by atoms with E-state index in [9.17, 15) is 19.5 Å². The lowest BCUT2D eigenvalue weighted by Crippen LogP contribution is -2.55. The van der Waals surface area contributed by atoms with E-state index in [0.717, 1.165) is 11.1 Å². The Morgan fingerprint density at radius 3 is 1.90 bits per heavy atom. The minimum atomic E-state index is -1.78. The Hall–Kier alpha value is -4.17. The van der Waals surface area contributed by atoms with Crippen molar-refractivity contribution in [3.8, 4) is 11.5 Å². The zero-order chi connectivity index (χ0) is 28.0.